The fourth-order valence-corrected chi connectivity index (χ4v) is 3.16. The van der Waals surface area contributed by atoms with Gasteiger partial charge in [-0.25, -0.2) is 0 Å². The van der Waals surface area contributed by atoms with E-state index in [4.69, 9.17) is 5.73 Å². The van der Waals surface area contributed by atoms with Gasteiger partial charge in [-0.15, -0.1) is 11.3 Å². The summed E-state index contributed by atoms with van der Waals surface area (Å²) in [4.78, 5) is 3.70. The molecule has 0 aliphatic carbocycles. The van der Waals surface area contributed by atoms with E-state index in [9.17, 15) is 5.11 Å². The van der Waals surface area contributed by atoms with E-state index in [2.05, 4.69) is 35.1 Å². The van der Waals surface area contributed by atoms with E-state index in [1.807, 2.05) is 0 Å². The van der Waals surface area contributed by atoms with Gasteiger partial charge >= 0.3 is 0 Å². The zero-order valence-electron chi connectivity index (χ0n) is 10.7. The monoisotopic (exact) mass is 264 g/mol. The summed E-state index contributed by atoms with van der Waals surface area (Å²) in [6.07, 6.45) is 0.734. The predicted octanol–water partition coefficient (Wildman–Crippen LogP) is 1.26. The number of nitrogens with zero attached hydrogens (tertiary/aromatic N) is 1. The molecule has 1 aliphatic rings. The van der Waals surface area contributed by atoms with Crippen molar-refractivity contribution in [2.24, 2.45) is 11.7 Å². The summed E-state index contributed by atoms with van der Waals surface area (Å²) in [5.74, 6) is 6.39. The van der Waals surface area contributed by atoms with E-state index in [0.717, 1.165) is 31.6 Å². The van der Waals surface area contributed by atoms with Gasteiger partial charge in [-0.05, 0) is 23.8 Å². The molecular weight excluding hydrogens is 244 g/mol. The molecule has 2 unspecified atom stereocenters. The van der Waals surface area contributed by atoms with Crippen molar-refractivity contribution in [3.8, 4) is 11.8 Å². The van der Waals surface area contributed by atoms with Crippen molar-refractivity contribution in [2.75, 3.05) is 19.6 Å². The first kappa shape index (κ1) is 13.6. The van der Waals surface area contributed by atoms with Crippen LogP contribution in [0.5, 0.6) is 0 Å². The minimum Gasteiger partial charge on any atom is -0.393 e. The highest BCUT2D eigenvalue weighted by atomic mass is 32.1. The highest BCUT2D eigenvalue weighted by Crippen LogP contribution is 2.22. The molecule has 1 saturated heterocycles. The van der Waals surface area contributed by atoms with Crippen LogP contribution in [0.25, 0.3) is 0 Å². The van der Waals surface area contributed by atoms with E-state index in [-0.39, 0.29) is 6.10 Å². The molecule has 0 aromatic carbocycles. The third-order valence-corrected chi connectivity index (χ3v) is 4.29. The number of aliphatic hydroxyl groups is 1. The Hall–Kier alpha value is -0.860. The second kappa shape index (κ2) is 6.35. The van der Waals surface area contributed by atoms with Crippen LogP contribution in [0.15, 0.2) is 11.4 Å². The van der Waals surface area contributed by atoms with Gasteiger partial charge in [-0.3, -0.25) is 4.90 Å². The van der Waals surface area contributed by atoms with Gasteiger partial charge in [0.15, 0.2) is 0 Å². The number of nitrogens with two attached hydrogens (primary N) is 1. The van der Waals surface area contributed by atoms with Crippen molar-refractivity contribution in [2.45, 2.75) is 26.0 Å². The normalized spacial score (nSPS) is 24.6. The summed E-state index contributed by atoms with van der Waals surface area (Å²) in [7, 11) is 0. The molecule has 2 heterocycles. The molecule has 2 atom stereocenters. The van der Waals surface area contributed by atoms with E-state index in [1.54, 1.807) is 11.3 Å². The van der Waals surface area contributed by atoms with Gasteiger partial charge in [0.2, 0.25) is 0 Å². The molecule has 1 aromatic rings. The van der Waals surface area contributed by atoms with Crippen LogP contribution in [0, 0.1) is 17.8 Å². The highest BCUT2D eigenvalue weighted by Gasteiger charge is 2.24. The number of piperidine rings is 1. The first-order valence-corrected chi connectivity index (χ1v) is 7.24. The lowest BCUT2D eigenvalue weighted by Crippen LogP contribution is -2.41. The Kier molecular flexibility index (Phi) is 4.79. The van der Waals surface area contributed by atoms with Gasteiger partial charge < -0.3 is 10.8 Å². The molecule has 4 heteroatoms. The Bertz CT molecular complexity index is 446. The topological polar surface area (TPSA) is 49.5 Å². The Morgan fingerprint density at radius 3 is 3.17 bits per heavy atom. The average molecular weight is 264 g/mol. The molecule has 0 bridgehead atoms. The van der Waals surface area contributed by atoms with E-state index in [0.29, 0.717) is 12.5 Å². The van der Waals surface area contributed by atoms with Crippen LogP contribution in [0.2, 0.25) is 0 Å². The average Bonchev–Trinajstić information content (AvgIpc) is 2.79. The van der Waals surface area contributed by atoms with Crippen molar-refractivity contribution >= 4 is 11.3 Å². The predicted molar refractivity (Wildman–Crippen MR) is 75.3 cm³/mol. The van der Waals surface area contributed by atoms with E-state index in [1.165, 1.54) is 4.88 Å². The molecule has 3 N–H and O–H groups in total. The van der Waals surface area contributed by atoms with Crippen molar-refractivity contribution in [3.63, 3.8) is 0 Å². The first-order valence-electron chi connectivity index (χ1n) is 6.36. The van der Waals surface area contributed by atoms with Gasteiger partial charge in [0.25, 0.3) is 0 Å². The number of likely N-dealkylation sites (tertiary alicyclic amines) is 1. The summed E-state index contributed by atoms with van der Waals surface area (Å²) < 4.78 is 0. The van der Waals surface area contributed by atoms with Gasteiger partial charge in [0, 0.05) is 30.1 Å². The number of thiophene rings is 1. The molecule has 0 spiro atoms. The van der Waals surface area contributed by atoms with Crippen LogP contribution in [0.3, 0.4) is 0 Å². The molecule has 0 radical (unpaired) electrons. The van der Waals surface area contributed by atoms with E-state index < -0.39 is 0 Å². The molecular formula is C14H20N2OS. The van der Waals surface area contributed by atoms with Crippen LogP contribution < -0.4 is 5.73 Å². The summed E-state index contributed by atoms with van der Waals surface area (Å²) in [5.41, 5.74) is 6.51. The molecule has 18 heavy (non-hydrogen) atoms. The summed E-state index contributed by atoms with van der Waals surface area (Å²) >= 11 is 1.75. The smallest absolute Gasteiger partial charge is 0.0590 e. The van der Waals surface area contributed by atoms with Crippen molar-refractivity contribution < 1.29 is 5.11 Å². The molecule has 3 nitrogen and oxygen atoms in total. The molecule has 0 amide bonds. The quantitative estimate of drug-likeness (QED) is 0.791. The number of hydrogen-bond donors (Lipinski definition) is 2. The number of rotatable bonds is 2. The minimum absolute atomic E-state index is 0.138. The Labute approximate surface area is 113 Å². The zero-order valence-corrected chi connectivity index (χ0v) is 11.5. The van der Waals surface area contributed by atoms with E-state index >= 15 is 0 Å². The second-order valence-corrected chi connectivity index (χ2v) is 5.83. The third-order valence-electron chi connectivity index (χ3n) is 3.38. The SMILES string of the molecule is CC1CN(Cc2sccc2C#CCN)CCC1O. The van der Waals surface area contributed by atoms with Crippen molar-refractivity contribution in [3.05, 3.63) is 21.9 Å². The Morgan fingerprint density at radius 2 is 2.44 bits per heavy atom. The number of hydrogen-bond acceptors (Lipinski definition) is 4. The summed E-state index contributed by atoms with van der Waals surface area (Å²) in [6, 6.07) is 2.06. The fourth-order valence-electron chi connectivity index (χ4n) is 2.29. The second-order valence-electron chi connectivity index (χ2n) is 4.83. The third kappa shape index (κ3) is 3.33. The van der Waals surface area contributed by atoms with Crippen LogP contribution in [0.4, 0.5) is 0 Å². The van der Waals surface area contributed by atoms with Gasteiger partial charge in [0.1, 0.15) is 0 Å². The van der Waals surface area contributed by atoms with Gasteiger partial charge in [-0.1, -0.05) is 18.8 Å². The maximum Gasteiger partial charge on any atom is 0.0590 e. The lowest BCUT2D eigenvalue weighted by molar-refractivity contribution is 0.0324. The minimum atomic E-state index is -0.138. The fraction of sp³-hybridized carbons (Fsp3) is 0.571. The van der Waals surface area contributed by atoms with Crippen LogP contribution in [0.1, 0.15) is 23.8 Å². The molecule has 1 fully saturated rings. The van der Waals surface area contributed by atoms with Crippen LogP contribution >= 0.6 is 11.3 Å². The Morgan fingerprint density at radius 1 is 1.61 bits per heavy atom. The maximum absolute atomic E-state index is 9.73. The summed E-state index contributed by atoms with van der Waals surface area (Å²) in [6.45, 7) is 5.38. The molecule has 1 aliphatic heterocycles. The molecule has 0 saturated carbocycles. The standard InChI is InChI=1S/C14H20N2OS/c1-11-9-16(7-4-13(11)17)10-14-12(3-2-6-15)5-8-18-14/h5,8,11,13,17H,4,6-7,9-10,15H2,1H3. The largest absolute Gasteiger partial charge is 0.393 e. The van der Waals surface area contributed by atoms with Crippen LogP contribution in [-0.4, -0.2) is 35.7 Å². The highest BCUT2D eigenvalue weighted by molar-refractivity contribution is 7.10. The lowest BCUT2D eigenvalue weighted by atomic mass is 9.97. The van der Waals surface area contributed by atoms with Gasteiger partial charge in [-0.2, -0.15) is 0 Å². The van der Waals surface area contributed by atoms with Gasteiger partial charge in [0.05, 0.1) is 12.6 Å². The summed E-state index contributed by atoms with van der Waals surface area (Å²) in [5, 5.41) is 11.8. The number of aliphatic hydroxyl groups excluding tert-OH is 1. The van der Waals surface area contributed by atoms with Crippen LogP contribution in [-0.2, 0) is 6.54 Å². The molecule has 1 aromatic heterocycles. The zero-order chi connectivity index (χ0) is 13.0. The van der Waals surface area contributed by atoms with Crippen molar-refractivity contribution in [1.29, 1.82) is 0 Å². The first-order chi connectivity index (χ1) is 8.70. The molecule has 2 rings (SSSR count). The maximum atomic E-state index is 9.73. The Balaban J connectivity index is 1.99. The lowest BCUT2D eigenvalue weighted by Gasteiger charge is -2.34. The van der Waals surface area contributed by atoms with Crippen molar-refractivity contribution in [1.82, 2.24) is 4.90 Å². The molecule has 98 valence electrons.